The third-order valence-electron chi connectivity index (χ3n) is 3.43. The van der Waals surface area contributed by atoms with Crippen molar-refractivity contribution in [2.45, 2.75) is 6.92 Å². The predicted octanol–water partition coefficient (Wildman–Crippen LogP) is -1.94. The first-order valence-corrected chi connectivity index (χ1v) is 6.36. The number of carbonyl (C=O) groups is 1. The molecular formula is C16H11N2NaO3. The van der Waals surface area contributed by atoms with Crippen molar-refractivity contribution in [3.8, 4) is 5.69 Å². The molecule has 3 aromatic rings. The first-order chi connectivity index (χ1) is 10.1. The molecular weight excluding hydrogens is 291 g/mol. The molecule has 0 aliphatic carbocycles. The fourth-order valence-corrected chi connectivity index (χ4v) is 2.37. The van der Waals surface area contributed by atoms with Gasteiger partial charge in [-0.25, -0.2) is 4.98 Å². The molecule has 0 saturated heterocycles. The molecule has 0 saturated carbocycles. The Morgan fingerprint density at radius 1 is 1.14 bits per heavy atom. The third-order valence-corrected chi connectivity index (χ3v) is 3.43. The summed E-state index contributed by atoms with van der Waals surface area (Å²) in [5.41, 5.74) is 0.560. The largest absolute Gasteiger partial charge is 1.00 e. The molecule has 0 aliphatic heterocycles. The van der Waals surface area contributed by atoms with Crippen LogP contribution >= 0.6 is 0 Å². The average molecular weight is 302 g/mol. The van der Waals surface area contributed by atoms with Crippen LogP contribution in [0.3, 0.4) is 0 Å². The van der Waals surface area contributed by atoms with Gasteiger partial charge < -0.3 is 9.90 Å². The van der Waals surface area contributed by atoms with Gasteiger partial charge in [-0.05, 0) is 23.9 Å². The molecule has 104 valence electrons. The Morgan fingerprint density at radius 3 is 2.50 bits per heavy atom. The monoisotopic (exact) mass is 302 g/mol. The Hall–Kier alpha value is -1.95. The molecule has 5 nitrogen and oxygen atoms in total. The molecule has 0 N–H and O–H groups in total. The number of aromatic nitrogens is 2. The number of hydrogen-bond acceptors (Lipinski definition) is 4. The van der Waals surface area contributed by atoms with E-state index >= 15 is 0 Å². The van der Waals surface area contributed by atoms with Gasteiger partial charge in [0.2, 0.25) is 0 Å². The molecule has 0 bridgehead atoms. The molecule has 0 spiro atoms. The minimum Gasteiger partial charge on any atom is -0.545 e. The number of rotatable bonds is 2. The molecule has 3 rings (SSSR count). The summed E-state index contributed by atoms with van der Waals surface area (Å²) in [7, 11) is 0. The van der Waals surface area contributed by atoms with Gasteiger partial charge in [0.25, 0.3) is 5.56 Å². The molecule has 6 heteroatoms. The van der Waals surface area contributed by atoms with Gasteiger partial charge in [0.05, 0.1) is 17.2 Å². The van der Waals surface area contributed by atoms with Crippen LogP contribution < -0.4 is 40.2 Å². The van der Waals surface area contributed by atoms with Gasteiger partial charge in [0.15, 0.2) is 0 Å². The zero-order chi connectivity index (χ0) is 15.0. The van der Waals surface area contributed by atoms with E-state index in [0.717, 1.165) is 22.5 Å². The molecule has 0 atom stereocenters. The molecule has 0 unspecified atom stereocenters. The molecule has 2 aromatic carbocycles. The fraction of sp³-hybridized carbons (Fsp3) is 0.0625. The van der Waals surface area contributed by atoms with Crippen LogP contribution in [0.15, 0.2) is 53.7 Å². The quantitative estimate of drug-likeness (QED) is 0.516. The zero-order valence-electron chi connectivity index (χ0n) is 12.2. The van der Waals surface area contributed by atoms with E-state index in [4.69, 9.17) is 0 Å². The number of aromatic carboxylic acids is 1. The maximum absolute atomic E-state index is 12.2. The summed E-state index contributed by atoms with van der Waals surface area (Å²) in [4.78, 5) is 27.0. The van der Waals surface area contributed by atoms with Crippen LogP contribution in [-0.2, 0) is 0 Å². The SMILES string of the molecule is Cc1ccc(-n2cncc(C(=O)[O-])c2=O)c2ccccc12.[Na+]. The number of benzene rings is 2. The molecule has 0 amide bonds. The van der Waals surface area contributed by atoms with Crippen LogP contribution in [0.5, 0.6) is 0 Å². The zero-order valence-corrected chi connectivity index (χ0v) is 14.2. The molecule has 1 aromatic heterocycles. The summed E-state index contributed by atoms with van der Waals surface area (Å²) in [5.74, 6) is -1.53. The number of aryl methyl sites for hydroxylation is 1. The minimum atomic E-state index is -1.53. The van der Waals surface area contributed by atoms with E-state index in [1.165, 1.54) is 10.9 Å². The van der Waals surface area contributed by atoms with Gasteiger partial charge in [-0.15, -0.1) is 0 Å². The number of nitrogens with zero attached hydrogens (tertiary/aromatic N) is 2. The number of hydrogen-bond donors (Lipinski definition) is 0. The van der Waals surface area contributed by atoms with Crippen molar-refractivity contribution in [2.24, 2.45) is 0 Å². The number of carboxylic acid groups (broad SMARTS) is 1. The number of carbonyl (C=O) groups excluding carboxylic acids is 1. The summed E-state index contributed by atoms with van der Waals surface area (Å²) in [6.07, 6.45) is 2.32. The van der Waals surface area contributed by atoms with Gasteiger partial charge in [-0.1, -0.05) is 30.3 Å². The Labute approximate surface area is 148 Å². The number of carboxylic acids is 1. The van der Waals surface area contributed by atoms with E-state index in [-0.39, 0.29) is 29.6 Å². The van der Waals surface area contributed by atoms with Crippen molar-refractivity contribution in [1.29, 1.82) is 0 Å². The van der Waals surface area contributed by atoms with Crippen LogP contribution in [0.4, 0.5) is 0 Å². The van der Waals surface area contributed by atoms with Crippen molar-refractivity contribution in [3.05, 3.63) is 70.4 Å². The molecule has 0 aliphatic rings. The van der Waals surface area contributed by atoms with E-state index in [0.29, 0.717) is 5.69 Å². The maximum Gasteiger partial charge on any atom is 1.00 e. The normalized spacial score (nSPS) is 10.2. The summed E-state index contributed by atoms with van der Waals surface area (Å²) < 4.78 is 1.23. The summed E-state index contributed by atoms with van der Waals surface area (Å²) in [6.45, 7) is 1.98. The van der Waals surface area contributed by atoms with Crippen LogP contribution in [-0.4, -0.2) is 15.5 Å². The second-order valence-electron chi connectivity index (χ2n) is 4.72. The summed E-state index contributed by atoms with van der Waals surface area (Å²) in [6, 6.07) is 11.3. The van der Waals surface area contributed by atoms with Gasteiger partial charge >= 0.3 is 29.6 Å². The van der Waals surface area contributed by atoms with Crippen molar-refractivity contribution < 1.29 is 39.5 Å². The second kappa shape index (κ2) is 6.44. The molecule has 1 heterocycles. The van der Waals surface area contributed by atoms with E-state index in [1.807, 2.05) is 37.3 Å². The molecule has 0 radical (unpaired) electrons. The first kappa shape index (κ1) is 16.4. The van der Waals surface area contributed by atoms with Crippen molar-refractivity contribution in [2.75, 3.05) is 0 Å². The predicted molar refractivity (Wildman–Crippen MR) is 76.4 cm³/mol. The maximum atomic E-state index is 12.2. The van der Waals surface area contributed by atoms with E-state index < -0.39 is 17.1 Å². The van der Waals surface area contributed by atoms with Crippen molar-refractivity contribution in [1.82, 2.24) is 9.55 Å². The van der Waals surface area contributed by atoms with Crippen LogP contribution in [0, 0.1) is 6.92 Å². The van der Waals surface area contributed by atoms with E-state index in [9.17, 15) is 14.7 Å². The molecule has 0 fully saturated rings. The molecule has 22 heavy (non-hydrogen) atoms. The van der Waals surface area contributed by atoms with Crippen LogP contribution in [0.25, 0.3) is 16.5 Å². The van der Waals surface area contributed by atoms with Gasteiger partial charge in [0.1, 0.15) is 6.33 Å². The Balaban J connectivity index is 0.00000176. The first-order valence-electron chi connectivity index (χ1n) is 6.36. The van der Waals surface area contributed by atoms with Crippen LogP contribution in [0.1, 0.15) is 15.9 Å². The average Bonchev–Trinajstić information content (AvgIpc) is 2.48. The van der Waals surface area contributed by atoms with Crippen molar-refractivity contribution in [3.63, 3.8) is 0 Å². The smallest absolute Gasteiger partial charge is 0.545 e. The third kappa shape index (κ3) is 2.70. The Kier molecular flexibility index (Phi) is 4.81. The van der Waals surface area contributed by atoms with Crippen LogP contribution in [0.2, 0.25) is 0 Å². The topological polar surface area (TPSA) is 75.0 Å². The van der Waals surface area contributed by atoms with Gasteiger partial charge in [-0.2, -0.15) is 0 Å². The fourth-order valence-electron chi connectivity index (χ4n) is 2.37. The Morgan fingerprint density at radius 2 is 1.82 bits per heavy atom. The Bertz CT molecular complexity index is 919. The number of fused-ring (bicyclic) bond motifs is 1. The van der Waals surface area contributed by atoms with Crippen molar-refractivity contribution >= 4 is 16.7 Å². The van der Waals surface area contributed by atoms with E-state index in [2.05, 4.69) is 4.98 Å². The second-order valence-corrected chi connectivity index (χ2v) is 4.72. The summed E-state index contributed by atoms with van der Waals surface area (Å²) in [5, 5.41) is 12.8. The van der Waals surface area contributed by atoms with Gasteiger partial charge in [0, 0.05) is 11.6 Å². The standard InChI is InChI=1S/C16H12N2O3.Na/c1-10-6-7-14(12-5-3-2-4-11(10)12)18-9-17-8-13(15(18)19)16(20)21;/h2-9H,1H3,(H,20,21);/q;+1/p-1. The van der Waals surface area contributed by atoms with E-state index in [1.54, 1.807) is 6.07 Å². The van der Waals surface area contributed by atoms with Gasteiger partial charge in [-0.3, -0.25) is 9.36 Å². The minimum absolute atomic E-state index is 0. The summed E-state index contributed by atoms with van der Waals surface area (Å²) >= 11 is 0.